The molecule has 0 bridgehead atoms. The van der Waals surface area contributed by atoms with Crippen LogP contribution in [0.5, 0.6) is 5.75 Å². The lowest BCUT2D eigenvalue weighted by molar-refractivity contribution is -0.131. The van der Waals surface area contributed by atoms with Crippen molar-refractivity contribution < 1.29 is 23.6 Å². The standard InChI is InChI=1S/C25H27N3O5/c1-16(29)28-10-8-27(9-11-28)12-13-32-19-4-6-20-17(14-19)2-7-23-24(20)25(26-33-23)21-5-3-18(30)15-22(21)31/h2,4,6-7,14,21H,3,5,8-13,15H2,1H3/t21-/m0/s1. The Hall–Kier alpha value is -3.26. The van der Waals surface area contributed by atoms with Crippen molar-refractivity contribution in [1.29, 1.82) is 0 Å². The zero-order valence-corrected chi connectivity index (χ0v) is 18.7. The lowest BCUT2D eigenvalue weighted by Gasteiger charge is -2.34. The maximum Gasteiger partial charge on any atom is 0.219 e. The fourth-order valence-corrected chi connectivity index (χ4v) is 4.84. The number of fused-ring (bicyclic) bond motifs is 3. The number of Topliss-reactive ketones (excluding diaryl/α,β-unsaturated/α-hetero) is 2. The first-order valence-corrected chi connectivity index (χ1v) is 11.5. The maximum absolute atomic E-state index is 12.5. The molecule has 1 amide bonds. The number of piperazine rings is 1. The van der Waals surface area contributed by atoms with Crippen LogP contribution in [0.3, 0.4) is 0 Å². The number of hydrogen-bond acceptors (Lipinski definition) is 7. The van der Waals surface area contributed by atoms with Crippen molar-refractivity contribution in [3.05, 3.63) is 36.0 Å². The van der Waals surface area contributed by atoms with E-state index in [0.717, 1.165) is 54.6 Å². The molecule has 1 saturated carbocycles. The number of amides is 1. The molecule has 2 heterocycles. The van der Waals surface area contributed by atoms with Gasteiger partial charge in [0, 0.05) is 46.1 Å². The van der Waals surface area contributed by atoms with E-state index in [2.05, 4.69) is 10.1 Å². The third kappa shape index (κ3) is 4.35. The molecule has 0 N–H and O–H groups in total. The summed E-state index contributed by atoms with van der Waals surface area (Å²) in [7, 11) is 0. The zero-order chi connectivity index (χ0) is 22.9. The minimum atomic E-state index is -0.394. The molecular formula is C25H27N3O5. The summed E-state index contributed by atoms with van der Waals surface area (Å²) < 4.78 is 11.5. The first kappa shape index (κ1) is 21.6. The second-order valence-electron chi connectivity index (χ2n) is 8.86. The lowest BCUT2D eigenvalue weighted by atomic mass is 9.83. The molecule has 2 fully saturated rings. The normalized spacial score (nSPS) is 20.0. The average Bonchev–Trinajstić information content (AvgIpc) is 3.23. The van der Waals surface area contributed by atoms with Crippen molar-refractivity contribution in [2.45, 2.75) is 32.1 Å². The minimum absolute atomic E-state index is 0.00330. The van der Waals surface area contributed by atoms with Gasteiger partial charge in [0.1, 0.15) is 29.6 Å². The number of aromatic nitrogens is 1. The first-order chi connectivity index (χ1) is 16.0. The van der Waals surface area contributed by atoms with Gasteiger partial charge in [-0.3, -0.25) is 19.3 Å². The van der Waals surface area contributed by atoms with E-state index in [1.165, 1.54) is 0 Å². The monoisotopic (exact) mass is 449 g/mol. The van der Waals surface area contributed by atoms with E-state index in [4.69, 9.17) is 9.26 Å². The van der Waals surface area contributed by atoms with Crippen LogP contribution in [0.2, 0.25) is 0 Å². The van der Waals surface area contributed by atoms with Gasteiger partial charge < -0.3 is 14.2 Å². The SMILES string of the molecule is CC(=O)N1CCN(CCOc2ccc3c(ccc4onc([C@H]5CCC(=O)CC5=O)c43)c2)CC1. The summed E-state index contributed by atoms with van der Waals surface area (Å²) in [4.78, 5) is 39.8. The van der Waals surface area contributed by atoms with Gasteiger partial charge in [-0.2, -0.15) is 0 Å². The fraction of sp³-hybridized carbons (Fsp3) is 0.440. The van der Waals surface area contributed by atoms with Crippen LogP contribution in [-0.4, -0.2) is 71.8 Å². The van der Waals surface area contributed by atoms with Crippen molar-refractivity contribution in [2.24, 2.45) is 0 Å². The number of benzene rings is 2. The number of carbonyl (C=O) groups is 3. The molecule has 1 aliphatic heterocycles. The number of ether oxygens (including phenoxy) is 1. The van der Waals surface area contributed by atoms with E-state index >= 15 is 0 Å². The van der Waals surface area contributed by atoms with Crippen LogP contribution in [0.15, 0.2) is 34.9 Å². The summed E-state index contributed by atoms with van der Waals surface area (Å²) in [6, 6.07) is 9.74. The second-order valence-corrected chi connectivity index (χ2v) is 8.86. The second kappa shape index (κ2) is 8.94. The Bertz CT molecular complexity index is 1230. The van der Waals surface area contributed by atoms with E-state index < -0.39 is 5.92 Å². The van der Waals surface area contributed by atoms with E-state index in [0.29, 0.717) is 30.7 Å². The Morgan fingerprint density at radius 3 is 2.73 bits per heavy atom. The molecule has 0 unspecified atom stereocenters. The molecule has 2 aromatic carbocycles. The Labute approximate surface area is 191 Å². The topological polar surface area (TPSA) is 92.9 Å². The van der Waals surface area contributed by atoms with Gasteiger partial charge in [-0.15, -0.1) is 0 Å². The molecule has 8 heteroatoms. The van der Waals surface area contributed by atoms with Crippen molar-refractivity contribution in [1.82, 2.24) is 15.0 Å². The molecule has 8 nitrogen and oxygen atoms in total. The van der Waals surface area contributed by atoms with Crippen LogP contribution in [-0.2, 0) is 14.4 Å². The van der Waals surface area contributed by atoms with Gasteiger partial charge >= 0.3 is 0 Å². The van der Waals surface area contributed by atoms with Crippen molar-refractivity contribution >= 4 is 39.2 Å². The number of carbonyl (C=O) groups excluding carboxylic acids is 3. The molecular weight excluding hydrogens is 422 g/mol. The Balaban J connectivity index is 1.30. The van der Waals surface area contributed by atoms with Gasteiger partial charge in [-0.1, -0.05) is 11.2 Å². The highest BCUT2D eigenvalue weighted by molar-refractivity contribution is 6.11. The molecule has 5 rings (SSSR count). The van der Waals surface area contributed by atoms with Gasteiger partial charge in [-0.05, 0) is 41.5 Å². The van der Waals surface area contributed by atoms with Crippen molar-refractivity contribution in [2.75, 3.05) is 39.3 Å². The molecule has 1 aromatic heterocycles. The average molecular weight is 450 g/mol. The quantitative estimate of drug-likeness (QED) is 0.553. The summed E-state index contributed by atoms with van der Waals surface area (Å²) >= 11 is 0. The summed E-state index contributed by atoms with van der Waals surface area (Å²) in [6.45, 7) is 6.24. The van der Waals surface area contributed by atoms with Crippen molar-refractivity contribution in [3.8, 4) is 5.75 Å². The smallest absolute Gasteiger partial charge is 0.219 e. The van der Waals surface area contributed by atoms with Crippen LogP contribution in [0, 0.1) is 0 Å². The minimum Gasteiger partial charge on any atom is -0.492 e. The number of hydrogen-bond donors (Lipinski definition) is 0. The molecule has 33 heavy (non-hydrogen) atoms. The molecule has 1 aliphatic carbocycles. The lowest BCUT2D eigenvalue weighted by Crippen LogP contribution is -2.48. The van der Waals surface area contributed by atoms with Crippen LogP contribution >= 0.6 is 0 Å². The Morgan fingerprint density at radius 1 is 1.15 bits per heavy atom. The first-order valence-electron chi connectivity index (χ1n) is 11.5. The summed E-state index contributed by atoms with van der Waals surface area (Å²) in [5.41, 5.74) is 1.27. The molecule has 0 radical (unpaired) electrons. The van der Waals surface area contributed by atoms with Crippen molar-refractivity contribution in [3.63, 3.8) is 0 Å². The summed E-state index contributed by atoms with van der Waals surface area (Å²) in [5, 5.41) is 7.00. The molecule has 0 spiro atoms. The van der Waals surface area contributed by atoms with Gasteiger partial charge in [-0.25, -0.2) is 0 Å². The van der Waals surface area contributed by atoms with E-state index in [1.54, 1.807) is 6.92 Å². The van der Waals surface area contributed by atoms with Gasteiger partial charge in [0.05, 0.1) is 17.7 Å². The highest BCUT2D eigenvalue weighted by atomic mass is 16.5. The van der Waals surface area contributed by atoms with Crippen LogP contribution in [0.25, 0.3) is 21.7 Å². The van der Waals surface area contributed by atoms with E-state index in [-0.39, 0.29) is 23.9 Å². The summed E-state index contributed by atoms with van der Waals surface area (Å²) in [5.74, 6) is 0.433. The number of ketones is 2. The predicted octanol–water partition coefficient (Wildman–Crippen LogP) is 2.93. The number of rotatable bonds is 5. The Morgan fingerprint density at radius 2 is 1.97 bits per heavy atom. The van der Waals surface area contributed by atoms with E-state index in [9.17, 15) is 14.4 Å². The third-order valence-electron chi connectivity index (χ3n) is 6.75. The Kier molecular flexibility index (Phi) is 5.85. The van der Waals surface area contributed by atoms with Crippen LogP contribution < -0.4 is 4.74 Å². The van der Waals surface area contributed by atoms with Gasteiger partial charge in [0.2, 0.25) is 5.91 Å². The maximum atomic E-state index is 12.5. The highest BCUT2D eigenvalue weighted by Gasteiger charge is 2.32. The molecule has 172 valence electrons. The van der Waals surface area contributed by atoms with Crippen LogP contribution in [0.1, 0.15) is 37.8 Å². The third-order valence-corrected chi connectivity index (χ3v) is 6.75. The molecule has 1 atom stereocenters. The fourth-order valence-electron chi connectivity index (χ4n) is 4.84. The summed E-state index contributed by atoms with van der Waals surface area (Å²) in [6.07, 6.45) is 0.862. The largest absolute Gasteiger partial charge is 0.492 e. The predicted molar refractivity (Wildman–Crippen MR) is 122 cm³/mol. The van der Waals surface area contributed by atoms with Crippen LogP contribution in [0.4, 0.5) is 0 Å². The van der Waals surface area contributed by atoms with Gasteiger partial charge in [0.25, 0.3) is 0 Å². The molecule has 3 aromatic rings. The zero-order valence-electron chi connectivity index (χ0n) is 18.7. The highest BCUT2D eigenvalue weighted by Crippen LogP contribution is 2.37. The van der Waals surface area contributed by atoms with E-state index in [1.807, 2.05) is 35.2 Å². The molecule has 2 aliphatic rings. The number of nitrogens with zero attached hydrogens (tertiary/aromatic N) is 3. The molecule has 1 saturated heterocycles. The van der Waals surface area contributed by atoms with Gasteiger partial charge in [0.15, 0.2) is 5.58 Å².